The fourth-order valence-electron chi connectivity index (χ4n) is 2.78. The first-order valence-electron chi connectivity index (χ1n) is 9.48. The molecule has 0 aromatic carbocycles. The molecule has 0 aliphatic carbocycles. The minimum Gasteiger partial charge on any atom is -0.460 e. The maximum Gasteiger partial charge on any atom is 0.374 e. The number of hydrogen-bond acceptors (Lipinski definition) is 7. The van der Waals surface area contributed by atoms with E-state index in [4.69, 9.17) is 9.15 Å². The zero-order valence-corrected chi connectivity index (χ0v) is 18.2. The summed E-state index contributed by atoms with van der Waals surface area (Å²) >= 11 is 1.63. The van der Waals surface area contributed by atoms with Gasteiger partial charge in [-0.15, -0.1) is 11.8 Å². The zero-order valence-electron chi connectivity index (χ0n) is 16.5. The predicted molar refractivity (Wildman–Crippen MR) is 107 cm³/mol. The third-order valence-corrected chi connectivity index (χ3v) is 7.41. The number of sulfonamides is 1. The summed E-state index contributed by atoms with van der Waals surface area (Å²) in [5, 5.41) is -0.425. The van der Waals surface area contributed by atoms with E-state index in [0.717, 1.165) is 18.6 Å². The molecule has 1 fully saturated rings. The molecule has 0 saturated carbocycles. The van der Waals surface area contributed by atoms with Gasteiger partial charge in [0.2, 0.25) is 16.8 Å². The summed E-state index contributed by atoms with van der Waals surface area (Å²) < 4.78 is 36.8. The Morgan fingerprint density at radius 1 is 1.21 bits per heavy atom. The highest BCUT2D eigenvalue weighted by Gasteiger charge is 2.33. The van der Waals surface area contributed by atoms with Crippen LogP contribution in [0.4, 0.5) is 0 Å². The van der Waals surface area contributed by atoms with Crippen LogP contribution < -0.4 is 0 Å². The van der Waals surface area contributed by atoms with Crippen molar-refractivity contribution in [2.45, 2.75) is 44.0 Å². The quantitative estimate of drug-likeness (QED) is 0.436. The molecule has 28 heavy (non-hydrogen) atoms. The standard InChI is InChI=1S/C18H28N2O6S2/c1-4-6-13-27-14(3)17(21)19-9-11-20(12-10-19)28(23,24)16-8-7-15(26-16)18(22)25-5-2/h7-8,14H,4-6,9-13H2,1-3H3. The molecular weight excluding hydrogens is 404 g/mol. The second-order valence-electron chi connectivity index (χ2n) is 6.44. The number of amides is 1. The van der Waals surface area contributed by atoms with Gasteiger partial charge < -0.3 is 14.1 Å². The number of carbonyl (C=O) groups excluding carboxylic acids is 2. The number of furan rings is 1. The SMILES string of the molecule is CCCCSC(C)C(=O)N1CCN(S(=O)(=O)c2ccc(C(=O)OCC)o2)CC1. The molecule has 1 aromatic rings. The smallest absolute Gasteiger partial charge is 0.374 e. The molecule has 1 aliphatic heterocycles. The van der Waals surface area contributed by atoms with E-state index in [1.54, 1.807) is 23.6 Å². The fraction of sp³-hybridized carbons (Fsp3) is 0.667. The van der Waals surface area contributed by atoms with E-state index in [2.05, 4.69) is 6.92 Å². The molecule has 2 heterocycles. The van der Waals surface area contributed by atoms with Gasteiger partial charge in [0.15, 0.2) is 0 Å². The Morgan fingerprint density at radius 3 is 2.50 bits per heavy atom. The molecule has 1 saturated heterocycles. The Bertz CT molecular complexity index is 769. The highest BCUT2D eigenvalue weighted by molar-refractivity contribution is 8.00. The lowest BCUT2D eigenvalue weighted by Gasteiger charge is -2.34. The van der Waals surface area contributed by atoms with Crippen LogP contribution in [-0.4, -0.2) is 73.3 Å². The molecule has 1 atom stereocenters. The van der Waals surface area contributed by atoms with Crippen molar-refractivity contribution in [1.29, 1.82) is 0 Å². The van der Waals surface area contributed by atoms with E-state index in [-0.39, 0.29) is 41.7 Å². The molecule has 158 valence electrons. The summed E-state index contributed by atoms with van der Waals surface area (Å²) in [6.45, 7) is 6.89. The molecule has 8 nitrogen and oxygen atoms in total. The molecule has 0 bridgehead atoms. The molecule has 0 N–H and O–H groups in total. The number of rotatable bonds is 9. The lowest BCUT2D eigenvalue weighted by atomic mass is 10.3. The first-order valence-corrected chi connectivity index (χ1v) is 12.0. The average molecular weight is 433 g/mol. The highest BCUT2D eigenvalue weighted by atomic mass is 32.2. The van der Waals surface area contributed by atoms with Crippen molar-refractivity contribution in [3.8, 4) is 0 Å². The first kappa shape index (κ1) is 22.8. The maximum absolute atomic E-state index is 12.7. The normalized spacial score (nSPS) is 16.8. The molecular formula is C18H28N2O6S2. The number of piperazine rings is 1. The van der Waals surface area contributed by atoms with E-state index in [0.29, 0.717) is 13.1 Å². The van der Waals surface area contributed by atoms with E-state index >= 15 is 0 Å². The Morgan fingerprint density at radius 2 is 1.89 bits per heavy atom. The molecule has 1 unspecified atom stereocenters. The minimum atomic E-state index is -3.86. The van der Waals surface area contributed by atoms with Gasteiger partial charge in [-0.2, -0.15) is 4.31 Å². The van der Waals surface area contributed by atoms with E-state index < -0.39 is 16.0 Å². The van der Waals surface area contributed by atoms with Crippen molar-refractivity contribution in [1.82, 2.24) is 9.21 Å². The molecule has 2 rings (SSSR count). The van der Waals surface area contributed by atoms with Gasteiger partial charge in [-0.3, -0.25) is 4.79 Å². The highest BCUT2D eigenvalue weighted by Crippen LogP contribution is 2.22. The number of nitrogens with zero attached hydrogens (tertiary/aromatic N) is 2. The topological polar surface area (TPSA) is 97.1 Å². The lowest BCUT2D eigenvalue weighted by molar-refractivity contribution is -0.131. The van der Waals surface area contributed by atoms with Gasteiger partial charge in [0.05, 0.1) is 11.9 Å². The van der Waals surface area contributed by atoms with Crippen LogP contribution in [0, 0.1) is 0 Å². The predicted octanol–water partition coefficient (Wildman–Crippen LogP) is 2.21. The van der Waals surface area contributed by atoms with Gasteiger partial charge in [0.1, 0.15) is 0 Å². The van der Waals surface area contributed by atoms with Gasteiger partial charge in [0, 0.05) is 26.2 Å². The molecule has 1 aliphatic rings. The number of carbonyl (C=O) groups is 2. The molecule has 10 heteroatoms. The Hall–Kier alpha value is -1.52. The summed E-state index contributed by atoms with van der Waals surface area (Å²) in [5.41, 5.74) is 0. The van der Waals surface area contributed by atoms with Crippen molar-refractivity contribution in [3.05, 3.63) is 17.9 Å². The minimum absolute atomic E-state index is 0.0424. The van der Waals surface area contributed by atoms with E-state index in [1.807, 2.05) is 6.92 Å². The van der Waals surface area contributed by atoms with Crippen LogP contribution in [-0.2, 0) is 19.6 Å². The summed E-state index contributed by atoms with van der Waals surface area (Å²) in [7, 11) is -3.86. The average Bonchev–Trinajstić information content (AvgIpc) is 3.19. The van der Waals surface area contributed by atoms with Crippen molar-refractivity contribution in [3.63, 3.8) is 0 Å². The second-order valence-corrected chi connectivity index (χ2v) is 9.75. The monoisotopic (exact) mass is 432 g/mol. The van der Waals surface area contributed by atoms with Gasteiger partial charge in [-0.1, -0.05) is 13.3 Å². The zero-order chi connectivity index (χ0) is 20.7. The number of esters is 1. The van der Waals surface area contributed by atoms with Crippen LogP contribution >= 0.6 is 11.8 Å². The van der Waals surface area contributed by atoms with Gasteiger partial charge in [-0.05, 0) is 38.2 Å². The number of unbranched alkanes of at least 4 members (excludes halogenated alkanes) is 1. The Labute approximate surface area is 170 Å². The molecule has 1 amide bonds. The second kappa shape index (κ2) is 10.3. The van der Waals surface area contributed by atoms with Crippen LogP contribution in [0.1, 0.15) is 44.2 Å². The van der Waals surface area contributed by atoms with Crippen LogP contribution in [0.5, 0.6) is 0 Å². The molecule has 1 aromatic heterocycles. The van der Waals surface area contributed by atoms with E-state index in [1.165, 1.54) is 16.4 Å². The van der Waals surface area contributed by atoms with Gasteiger partial charge in [-0.25, -0.2) is 13.2 Å². The number of ether oxygens (including phenoxy) is 1. The summed E-state index contributed by atoms with van der Waals surface area (Å²) in [6.07, 6.45) is 2.17. The number of thioether (sulfide) groups is 1. The van der Waals surface area contributed by atoms with Crippen LogP contribution in [0.2, 0.25) is 0 Å². The Balaban J connectivity index is 1.94. The lowest BCUT2D eigenvalue weighted by Crippen LogP contribution is -2.52. The third kappa shape index (κ3) is 5.51. The Kier molecular flexibility index (Phi) is 8.38. The van der Waals surface area contributed by atoms with Gasteiger partial charge in [0.25, 0.3) is 10.0 Å². The van der Waals surface area contributed by atoms with Crippen molar-refractivity contribution in [2.24, 2.45) is 0 Å². The maximum atomic E-state index is 12.7. The summed E-state index contributed by atoms with van der Waals surface area (Å²) in [5.74, 6) is 0.140. The fourth-order valence-corrected chi connectivity index (χ4v) is 5.21. The number of hydrogen-bond donors (Lipinski definition) is 0. The largest absolute Gasteiger partial charge is 0.460 e. The van der Waals surface area contributed by atoms with Gasteiger partial charge >= 0.3 is 5.97 Å². The van der Waals surface area contributed by atoms with E-state index in [9.17, 15) is 18.0 Å². The van der Waals surface area contributed by atoms with Crippen LogP contribution in [0.25, 0.3) is 0 Å². The first-order chi connectivity index (χ1) is 13.3. The van der Waals surface area contributed by atoms with Crippen molar-refractivity contribution < 1.29 is 27.2 Å². The van der Waals surface area contributed by atoms with Crippen LogP contribution in [0.15, 0.2) is 21.6 Å². The van der Waals surface area contributed by atoms with Crippen molar-refractivity contribution in [2.75, 3.05) is 38.5 Å². The molecule has 0 radical (unpaired) electrons. The third-order valence-electron chi connectivity index (χ3n) is 4.42. The summed E-state index contributed by atoms with van der Waals surface area (Å²) in [6, 6.07) is 2.55. The molecule has 0 spiro atoms. The van der Waals surface area contributed by atoms with Crippen LogP contribution in [0.3, 0.4) is 0 Å². The van der Waals surface area contributed by atoms with Crippen molar-refractivity contribution >= 4 is 33.7 Å². The summed E-state index contributed by atoms with van der Waals surface area (Å²) in [4.78, 5) is 25.9.